The van der Waals surface area contributed by atoms with Crippen LogP contribution in [0, 0.1) is 12.8 Å². The SMILES string of the molecule is COC(CNC(=O)[C@H](CC(C)C)NC(=O)c1cc2ccccc2s1)CN(C)S(=O)(=O)c1ccc(C)cc1Cl. The number of aryl methyl sites for hydroxylation is 1. The minimum Gasteiger partial charge on any atom is -0.378 e. The Morgan fingerprint density at radius 3 is 2.47 bits per heavy atom. The summed E-state index contributed by atoms with van der Waals surface area (Å²) in [5.41, 5.74) is 0.851. The van der Waals surface area contributed by atoms with Gasteiger partial charge in [0.25, 0.3) is 5.91 Å². The molecule has 3 rings (SSSR count). The molecule has 0 saturated carbocycles. The third-order valence-electron chi connectivity index (χ3n) is 6.05. The zero-order chi connectivity index (χ0) is 28.0. The minimum absolute atomic E-state index is 0.00658. The van der Waals surface area contributed by atoms with Gasteiger partial charge < -0.3 is 15.4 Å². The maximum atomic E-state index is 13.1. The summed E-state index contributed by atoms with van der Waals surface area (Å²) in [7, 11) is -0.981. The van der Waals surface area contributed by atoms with E-state index in [1.807, 2.05) is 51.1 Å². The second-order valence-electron chi connectivity index (χ2n) is 9.63. The van der Waals surface area contributed by atoms with E-state index in [4.69, 9.17) is 16.3 Å². The molecular formula is C27H34ClN3O5S2. The van der Waals surface area contributed by atoms with Crippen LogP contribution in [-0.4, -0.2) is 63.9 Å². The molecule has 1 unspecified atom stereocenters. The van der Waals surface area contributed by atoms with E-state index in [1.54, 1.807) is 12.1 Å². The van der Waals surface area contributed by atoms with Crippen molar-refractivity contribution in [2.24, 2.45) is 5.92 Å². The molecule has 2 amide bonds. The Kier molecular flexibility index (Phi) is 10.3. The maximum absolute atomic E-state index is 13.1. The average molecular weight is 580 g/mol. The molecule has 2 atom stereocenters. The van der Waals surface area contributed by atoms with E-state index in [2.05, 4.69) is 10.6 Å². The zero-order valence-corrected chi connectivity index (χ0v) is 24.5. The van der Waals surface area contributed by atoms with Crippen molar-refractivity contribution >= 4 is 54.9 Å². The highest BCUT2D eigenvalue weighted by molar-refractivity contribution is 7.89. The number of carbonyl (C=O) groups excluding carboxylic acids is 2. The Labute approximate surface area is 233 Å². The molecule has 0 bridgehead atoms. The molecule has 11 heteroatoms. The number of hydrogen-bond donors (Lipinski definition) is 2. The highest BCUT2D eigenvalue weighted by Gasteiger charge is 2.28. The number of ether oxygens (including phenoxy) is 1. The molecule has 0 aliphatic rings. The number of sulfonamides is 1. The van der Waals surface area contributed by atoms with Crippen molar-refractivity contribution in [2.45, 2.75) is 44.2 Å². The Morgan fingerprint density at radius 1 is 1.13 bits per heavy atom. The molecule has 1 heterocycles. The number of rotatable bonds is 12. The zero-order valence-electron chi connectivity index (χ0n) is 22.2. The predicted molar refractivity (Wildman–Crippen MR) is 152 cm³/mol. The lowest BCUT2D eigenvalue weighted by Gasteiger charge is -2.25. The van der Waals surface area contributed by atoms with Gasteiger partial charge in [0.2, 0.25) is 15.9 Å². The van der Waals surface area contributed by atoms with Crippen LogP contribution in [0.5, 0.6) is 0 Å². The number of amides is 2. The number of carbonyl (C=O) groups is 2. The number of thiophene rings is 1. The number of halogens is 1. The van der Waals surface area contributed by atoms with E-state index in [-0.39, 0.29) is 40.7 Å². The van der Waals surface area contributed by atoms with Crippen LogP contribution in [0.4, 0.5) is 0 Å². The lowest BCUT2D eigenvalue weighted by atomic mass is 10.0. The summed E-state index contributed by atoms with van der Waals surface area (Å²) in [6.45, 7) is 5.82. The molecule has 2 aromatic carbocycles. The molecule has 0 radical (unpaired) electrons. The topological polar surface area (TPSA) is 105 Å². The van der Waals surface area contributed by atoms with Crippen molar-refractivity contribution in [1.29, 1.82) is 0 Å². The van der Waals surface area contributed by atoms with E-state index < -0.39 is 22.2 Å². The smallest absolute Gasteiger partial charge is 0.262 e. The van der Waals surface area contributed by atoms with E-state index in [0.29, 0.717) is 11.3 Å². The van der Waals surface area contributed by atoms with Crippen LogP contribution in [0.25, 0.3) is 10.1 Å². The Bertz CT molecular complexity index is 1360. The van der Waals surface area contributed by atoms with Crippen molar-refractivity contribution in [3.8, 4) is 0 Å². The van der Waals surface area contributed by atoms with Crippen LogP contribution in [0.15, 0.2) is 53.4 Å². The van der Waals surface area contributed by atoms with Crippen molar-refractivity contribution in [3.63, 3.8) is 0 Å². The van der Waals surface area contributed by atoms with Crippen LogP contribution in [-0.2, 0) is 19.6 Å². The van der Waals surface area contributed by atoms with Crippen LogP contribution < -0.4 is 10.6 Å². The second-order valence-corrected chi connectivity index (χ2v) is 13.1. The van der Waals surface area contributed by atoms with Crippen LogP contribution in [0.3, 0.4) is 0 Å². The lowest BCUT2D eigenvalue weighted by Crippen LogP contribution is -2.50. The monoisotopic (exact) mass is 579 g/mol. The van der Waals surface area contributed by atoms with Gasteiger partial charge in [-0.3, -0.25) is 9.59 Å². The summed E-state index contributed by atoms with van der Waals surface area (Å²) in [5, 5.41) is 6.79. The summed E-state index contributed by atoms with van der Waals surface area (Å²) in [4.78, 5) is 26.6. The normalized spacial score (nSPS) is 13.6. The quantitative estimate of drug-likeness (QED) is 0.330. The fourth-order valence-corrected chi connectivity index (χ4v) is 6.69. The summed E-state index contributed by atoms with van der Waals surface area (Å²) in [6, 6.07) is 13.5. The Hall–Kier alpha value is -2.50. The molecule has 3 aromatic rings. The maximum Gasteiger partial charge on any atom is 0.262 e. The van der Waals surface area contributed by atoms with Gasteiger partial charge in [-0.15, -0.1) is 11.3 Å². The van der Waals surface area contributed by atoms with E-state index >= 15 is 0 Å². The highest BCUT2D eigenvalue weighted by atomic mass is 35.5. The number of likely N-dealkylation sites (N-methyl/N-ethyl adjacent to an activating group) is 1. The summed E-state index contributed by atoms with van der Waals surface area (Å²) in [6.07, 6.45) is -0.179. The molecule has 8 nitrogen and oxygen atoms in total. The van der Waals surface area contributed by atoms with Gasteiger partial charge in [-0.2, -0.15) is 4.31 Å². The molecule has 0 spiro atoms. The predicted octanol–water partition coefficient (Wildman–Crippen LogP) is 4.46. The first-order chi connectivity index (χ1) is 17.9. The standard InChI is InChI=1S/C27H34ClN3O5S2/c1-17(2)12-22(30-27(33)24-14-19-8-6-7-9-23(19)37-24)26(32)29-15-20(36-5)16-31(4)38(34,35)25-11-10-18(3)13-21(25)28/h6-11,13-14,17,20,22H,12,15-16H2,1-5H3,(H,29,32)(H,30,33)/t20?,22-/m0/s1. The molecule has 0 saturated heterocycles. The molecule has 2 N–H and O–H groups in total. The van der Waals surface area contributed by atoms with E-state index in [9.17, 15) is 18.0 Å². The minimum atomic E-state index is -3.87. The van der Waals surface area contributed by atoms with E-state index in [0.717, 1.165) is 20.0 Å². The highest BCUT2D eigenvalue weighted by Crippen LogP contribution is 2.26. The first-order valence-electron chi connectivity index (χ1n) is 12.2. The van der Waals surface area contributed by atoms with Gasteiger partial charge in [0.1, 0.15) is 10.9 Å². The van der Waals surface area contributed by atoms with Gasteiger partial charge in [-0.1, -0.05) is 49.7 Å². The number of nitrogens with zero attached hydrogens (tertiary/aromatic N) is 1. The lowest BCUT2D eigenvalue weighted by molar-refractivity contribution is -0.123. The van der Waals surface area contributed by atoms with Gasteiger partial charge in [0.05, 0.1) is 16.0 Å². The summed E-state index contributed by atoms with van der Waals surface area (Å²) >= 11 is 7.56. The molecule has 38 heavy (non-hydrogen) atoms. The third kappa shape index (κ3) is 7.54. The number of benzene rings is 2. The fourth-order valence-electron chi connectivity index (χ4n) is 3.95. The molecule has 0 aliphatic heterocycles. The van der Waals surface area contributed by atoms with Gasteiger partial charge in [0.15, 0.2) is 0 Å². The summed E-state index contributed by atoms with van der Waals surface area (Å²) < 4.78 is 33.7. The number of hydrogen-bond acceptors (Lipinski definition) is 6. The molecule has 0 fully saturated rings. The average Bonchev–Trinajstić information content (AvgIpc) is 3.29. The largest absolute Gasteiger partial charge is 0.378 e. The van der Waals surface area contributed by atoms with Gasteiger partial charge >= 0.3 is 0 Å². The van der Waals surface area contributed by atoms with Crippen LogP contribution in [0.2, 0.25) is 5.02 Å². The molecular weight excluding hydrogens is 546 g/mol. The van der Waals surface area contributed by atoms with E-state index in [1.165, 1.54) is 31.6 Å². The molecule has 0 aliphatic carbocycles. The third-order valence-corrected chi connectivity index (χ3v) is 9.47. The van der Waals surface area contributed by atoms with Crippen LogP contribution >= 0.6 is 22.9 Å². The van der Waals surface area contributed by atoms with Gasteiger partial charge in [0, 0.05) is 31.9 Å². The second kappa shape index (κ2) is 13.0. The fraction of sp³-hybridized carbons (Fsp3) is 0.407. The first kappa shape index (κ1) is 30.0. The van der Waals surface area contributed by atoms with Crippen molar-refractivity contribution < 1.29 is 22.7 Å². The summed E-state index contributed by atoms with van der Waals surface area (Å²) in [5.74, 6) is -0.513. The van der Waals surface area contributed by atoms with Crippen molar-refractivity contribution in [2.75, 3.05) is 27.2 Å². The number of nitrogens with one attached hydrogen (secondary N) is 2. The number of fused-ring (bicyclic) bond motifs is 1. The first-order valence-corrected chi connectivity index (χ1v) is 14.9. The van der Waals surface area contributed by atoms with Gasteiger partial charge in [-0.25, -0.2) is 8.42 Å². The van der Waals surface area contributed by atoms with Crippen molar-refractivity contribution in [1.82, 2.24) is 14.9 Å². The van der Waals surface area contributed by atoms with Crippen molar-refractivity contribution in [3.05, 3.63) is 64.0 Å². The Morgan fingerprint density at radius 2 is 1.84 bits per heavy atom. The molecule has 206 valence electrons. The van der Waals surface area contributed by atoms with Gasteiger partial charge in [-0.05, 0) is 54.5 Å². The number of methoxy groups -OCH3 is 1. The van der Waals surface area contributed by atoms with Crippen LogP contribution in [0.1, 0.15) is 35.5 Å². The molecule has 1 aromatic heterocycles. The Balaban J connectivity index is 1.64.